The van der Waals surface area contributed by atoms with Crippen LogP contribution < -0.4 is 15.4 Å². The van der Waals surface area contributed by atoms with E-state index in [1.807, 2.05) is 18.2 Å². The zero-order chi connectivity index (χ0) is 13.9. The Morgan fingerprint density at radius 1 is 1.40 bits per heavy atom. The van der Waals surface area contributed by atoms with Crippen LogP contribution in [0.3, 0.4) is 0 Å². The molecule has 108 valence electrons. The van der Waals surface area contributed by atoms with Crippen LogP contribution in [-0.4, -0.2) is 30.6 Å². The third-order valence-electron chi connectivity index (χ3n) is 4.15. The van der Waals surface area contributed by atoms with Crippen molar-refractivity contribution >= 4 is 5.91 Å². The Morgan fingerprint density at radius 3 is 3.05 bits per heavy atom. The summed E-state index contributed by atoms with van der Waals surface area (Å²) < 4.78 is 5.83. The number of rotatable bonds is 3. The molecular formula is C16H22N2O2. The summed E-state index contributed by atoms with van der Waals surface area (Å²) in [6.45, 7) is 2.72. The molecule has 3 atom stereocenters. The van der Waals surface area contributed by atoms with Crippen molar-refractivity contribution in [2.45, 2.75) is 50.8 Å². The third-order valence-corrected chi connectivity index (χ3v) is 4.15. The van der Waals surface area contributed by atoms with Gasteiger partial charge < -0.3 is 15.4 Å². The molecule has 0 saturated carbocycles. The van der Waals surface area contributed by atoms with Crippen molar-refractivity contribution in [3.8, 4) is 5.75 Å². The maximum absolute atomic E-state index is 12.1. The van der Waals surface area contributed by atoms with Gasteiger partial charge in [-0.05, 0) is 37.8 Å². The predicted octanol–water partition coefficient (Wildman–Crippen LogP) is 1.64. The van der Waals surface area contributed by atoms with Crippen LogP contribution >= 0.6 is 0 Å². The van der Waals surface area contributed by atoms with Crippen LogP contribution in [0.4, 0.5) is 0 Å². The summed E-state index contributed by atoms with van der Waals surface area (Å²) in [6, 6.07) is 8.47. The Labute approximate surface area is 119 Å². The minimum atomic E-state index is -0.0393. The fourth-order valence-electron chi connectivity index (χ4n) is 3.05. The predicted molar refractivity (Wildman–Crippen MR) is 77.8 cm³/mol. The van der Waals surface area contributed by atoms with E-state index in [0.29, 0.717) is 12.6 Å². The third kappa shape index (κ3) is 2.96. The lowest BCUT2D eigenvalue weighted by molar-refractivity contribution is -0.124. The van der Waals surface area contributed by atoms with Crippen molar-refractivity contribution in [2.75, 3.05) is 6.54 Å². The standard InChI is InChI=1S/C16H22N2O2/c1-11-5-4-7-14(18-11)16(19)17-10-13-9-12-6-2-3-8-15(12)20-13/h2-3,6,8,11,13-14,18H,4-5,7,9-10H2,1H3,(H,17,19). The Kier molecular flexibility index (Phi) is 3.92. The molecule has 3 rings (SSSR count). The molecule has 0 aromatic heterocycles. The summed E-state index contributed by atoms with van der Waals surface area (Å²) >= 11 is 0. The minimum Gasteiger partial charge on any atom is -0.488 e. The van der Waals surface area contributed by atoms with Crippen LogP contribution in [0.5, 0.6) is 5.75 Å². The molecule has 1 fully saturated rings. The number of carbonyl (C=O) groups excluding carboxylic acids is 1. The molecule has 0 aliphatic carbocycles. The molecule has 0 bridgehead atoms. The average molecular weight is 274 g/mol. The summed E-state index contributed by atoms with van der Waals surface area (Å²) in [5.41, 5.74) is 1.23. The highest BCUT2D eigenvalue weighted by molar-refractivity contribution is 5.81. The first-order valence-corrected chi connectivity index (χ1v) is 7.50. The number of hydrogen-bond donors (Lipinski definition) is 2. The number of nitrogens with one attached hydrogen (secondary N) is 2. The van der Waals surface area contributed by atoms with E-state index in [9.17, 15) is 4.79 Å². The van der Waals surface area contributed by atoms with E-state index in [4.69, 9.17) is 4.74 Å². The SMILES string of the molecule is CC1CCCC(C(=O)NCC2Cc3ccccc3O2)N1. The highest BCUT2D eigenvalue weighted by Crippen LogP contribution is 2.27. The first-order valence-electron chi connectivity index (χ1n) is 7.50. The molecule has 1 aromatic carbocycles. The molecule has 2 N–H and O–H groups in total. The molecule has 4 heteroatoms. The Hall–Kier alpha value is -1.55. The van der Waals surface area contributed by atoms with Gasteiger partial charge in [0.15, 0.2) is 0 Å². The molecule has 0 spiro atoms. The molecule has 3 unspecified atom stereocenters. The van der Waals surface area contributed by atoms with Gasteiger partial charge in [0.25, 0.3) is 0 Å². The maximum atomic E-state index is 12.1. The number of amides is 1. The summed E-state index contributed by atoms with van der Waals surface area (Å²) in [4.78, 5) is 12.1. The van der Waals surface area contributed by atoms with Crippen LogP contribution in [0.25, 0.3) is 0 Å². The number of fused-ring (bicyclic) bond motifs is 1. The van der Waals surface area contributed by atoms with Crippen LogP contribution in [-0.2, 0) is 11.2 Å². The molecule has 20 heavy (non-hydrogen) atoms. The van der Waals surface area contributed by atoms with E-state index in [1.165, 1.54) is 5.56 Å². The molecule has 1 saturated heterocycles. The quantitative estimate of drug-likeness (QED) is 0.881. The molecule has 2 aliphatic rings. The Balaban J connectivity index is 1.47. The second-order valence-corrected chi connectivity index (χ2v) is 5.85. The van der Waals surface area contributed by atoms with Gasteiger partial charge in [0.1, 0.15) is 11.9 Å². The summed E-state index contributed by atoms with van der Waals surface area (Å²) in [7, 11) is 0. The monoisotopic (exact) mass is 274 g/mol. The summed E-state index contributed by atoms with van der Waals surface area (Å²) in [6.07, 6.45) is 4.16. The molecule has 2 aliphatic heterocycles. The first kappa shape index (κ1) is 13.4. The fraction of sp³-hybridized carbons (Fsp3) is 0.562. The van der Waals surface area contributed by atoms with Gasteiger partial charge in [0.2, 0.25) is 5.91 Å². The van der Waals surface area contributed by atoms with Crippen molar-refractivity contribution in [2.24, 2.45) is 0 Å². The van der Waals surface area contributed by atoms with Crippen molar-refractivity contribution in [3.05, 3.63) is 29.8 Å². The lowest BCUT2D eigenvalue weighted by Gasteiger charge is -2.28. The molecule has 1 aromatic rings. The van der Waals surface area contributed by atoms with Gasteiger partial charge in [0, 0.05) is 12.5 Å². The van der Waals surface area contributed by atoms with E-state index < -0.39 is 0 Å². The second-order valence-electron chi connectivity index (χ2n) is 5.85. The Bertz CT molecular complexity index is 464. The first-order chi connectivity index (χ1) is 9.72. The van der Waals surface area contributed by atoms with Crippen molar-refractivity contribution in [1.29, 1.82) is 0 Å². The number of hydrogen-bond acceptors (Lipinski definition) is 3. The average Bonchev–Trinajstić information content (AvgIpc) is 2.87. The lowest BCUT2D eigenvalue weighted by Crippen LogP contribution is -2.51. The van der Waals surface area contributed by atoms with E-state index in [2.05, 4.69) is 23.6 Å². The van der Waals surface area contributed by atoms with E-state index in [-0.39, 0.29) is 18.1 Å². The minimum absolute atomic E-state index is 0.0393. The topological polar surface area (TPSA) is 50.4 Å². The van der Waals surface area contributed by atoms with Crippen molar-refractivity contribution in [1.82, 2.24) is 10.6 Å². The van der Waals surface area contributed by atoms with Gasteiger partial charge in [-0.1, -0.05) is 18.2 Å². The lowest BCUT2D eigenvalue weighted by atomic mass is 9.99. The van der Waals surface area contributed by atoms with Gasteiger partial charge in [-0.15, -0.1) is 0 Å². The van der Waals surface area contributed by atoms with Gasteiger partial charge in [-0.3, -0.25) is 4.79 Å². The Morgan fingerprint density at radius 2 is 2.25 bits per heavy atom. The molecule has 0 radical (unpaired) electrons. The second kappa shape index (κ2) is 5.83. The number of para-hydroxylation sites is 1. The van der Waals surface area contributed by atoms with Crippen molar-refractivity contribution in [3.63, 3.8) is 0 Å². The number of ether oxygens (including phenoxy) is 1. The van der Waals surface area contributed by atoms with E-state index in [0.717, 1.165) is 31.4 Å². The van der Waals surface area contributed by atoms with Gasteiger partial charge in [-0.25, -0.2) is 0 Å². The molecule has 2 heterocycles. The largest absolute Gasteiger partial charge is 0.488 e. The van der Waals surface area contributed by atoms with E-state index >= 15 is 0 Å². The smallest absolute Gasteiger partial charge is 0.237 e. The molecular weight excluding hydrogens is 252 g/mol. The molecule has 1 amide bonds. The maximum Gasteiger partial charge on any atom is 0.237 e. The number of benzene rings is 1. The van der Waals surface area contributed by atoms with E-state index in [1.54, 1.807) is 0 Å². The number of carbonyl (C=O) groups is 1. The van der Waals surface area contributed by atoms with Crippen LogP contribution in [0.15, 0.2) is 24.3 Å². The van der Waals surface area contributed by atoms with Gasteiger partial charge >= 0.3 is 0 Å². The summed E-state index contributed by atoms with van der Waals surface area (Å²) in [5, 5.41) is 6.38. The molecule has 4 nitrogen and oxygen atoms in total. The zero-order valence-corrected chi connectivity index (χ0v) is 11.9. The van der Waals surface area contributed by atoms with Gasteiger partial charge in [-0.2, -0.15) is 0 Å². The number of piperidine rings is 1. The van der Waals surface area contributed by atoms with Crippen LogP contribution in [0, 0.1) is 0 Å². The fourth-order valence-corrected chi connectivity index (χ4v) is 3.05. The highest BCUT2D eigenvalue weighted by Gasteiger charge is 2.26. The van der Waals surface area contributed by atoms with Gasteiger partial charge in [0.05, 0.1) is 12.6 Å². The van der Waals surface area contributed by atoms with Crippen LogP contribution in [0.1, 0.15) is 31.7 Å². The highest BCUT2D eigenvalue weighted by atomic mass is 16.5. The normalized spacial score (nSPS) is 28.6. The zero-order valence-electron chi connectivity index (χ0n) is 11.9. The van der Waals surface area contributed by atoms with Crippen LogP contribution in [0.2, 0.25) is 0 Å². The van der Waals surface area contributed by atoms with Crippen molar-refractivity contribution < 1.29 is 9.53 Å². The summed E-state index contributed by atoms with van der Waals surface area (Å²) in [5.74, 6) is 1.06.